The molecule has 104 valence electrons. The second-order valence-corrected chi connectivity index (χ2v) is 4.65. The first-order valence-electron chi connectivity index (χ1n) is 6.27. The minimum atomic E-state index is -0.590. The van der Waals surface area contributed by atoms with Gasteiger partial charge in [0.1, 0.15) is 6.54 Å². The average molecular weight is 267 g/mol. The van der Waals surface area contributed by atoms with Crippen LogP contribution in [0.4, 0.5) is 0 Å². The van der Waals surface area contributed by atoms with Gasteiger partial charge >= 0.3 is 5.69 Å². The molecule has 2 N–H and O–H groups in total. The number of carbonyl (C=O) groups is 1. The van der Waals surface area contributed by atoms with Crippen LogP contribution in [-0.2, 0) is 16.1 Å². The number of aromatic amines is 1. The van der Waals surface area contributed by atoms with Gasteiger partial charge in [0.2, 0.25) is 5.91 Å². The highest BCUT2D eigenvalue weighted by atomic mass is 16.5. The monoisotopic (exact) mass is 267 g/mol. The van der Waals surface area contributed by atoms with Crippen molar-refractivity contribution in [3.05, 3.63) is 33.1 Å². The maximum absolute atomic E-state index is 11.8. The van der Waals surface area contributed by atoms with Crippen LogP contribution in [0.25, 0.3) is 0 Å². The topological polar surface area (TPSA) is 93.2 Å². The standard InChI is InChI=1S/C12H17N3O4/c1-8(9-3-2-6-19-9)13-11(17)7-15-5-4-10(16)14-12(15)18/h4-5,8-9H,2-3,6-7H2,1H3,(H,13,17)(H,14,16,18). The molecule has 7 nitrogen and oxygen atoms in total. The lowest BCUT2D eigenvalue weighted by Crippen LogP contribution is -2.43. The molecule has 1 aliphatic heterocycles. The van der Waals surface area contributed by atoms with Crippen LogP contribution in [0.1, 0.15) is 19.8 Å². The second kappa shape index (κ2) is 5.83. The predicted octanol–water partition coefficient (Wildman–Crippen LogP) is -0.780. The molecule has 1 amide bonds. The van der Waals surface area contributed by atoms with E-state index in [9.17, 15) is 14.4 Å². The van der Waals surface area contributed by atoms with E-state index >= 15 is 0 Å². The molecule has 2 heterocycles. The molecular formula is C12H17N3O4. The van der Waals surface area contributed by atoms with Crippen LogP contribution >= 0.6 is 0 Å². The fourth-order valence-electron chi connectivity index (χ4n) is 2.11. The van der Waals surface area contributed by atoms with Gasteiger partial charge in [-0.05, 0) is 19.8 Å². The predicted molar refractivity (Wildman–Crippen MR) is 67.9 cm³/mol. The molecule has 0 aromatic carbocycles. The third-order valence-corrected chi connectivity index (χ3v) is 3.12. The van der Waals surface area contributed by atoms with Crippen molar-refractivity contribution in [3.63, 3.8) is 0 Å². The van der Waals surface area contributed by atoms with Gasteiger partial charge in [0.05, 0.1) is 12.1 Å². The molecule has 19 heavy (non-hydrogen) atoms. The van der Waals surface area contributed by atoms with Crippen molar-refractivity contribution in [1.29, 1.82) is 0 Å². The quantitative estimate of drug-likeness (QED) is 0.748. The van der Waals surface area contributed by atoms with E-state index in [4.69, 9.17) is 4.74 Å². The van der Waals surface area contributed by atoms with Crippen molar-refractivity contribution in [2.75, 3.05) is 6.61 Å². The summed E-state index contributed by atoms with van der Waals surface area (Å²) < 4.78 is 6.63. The normalized spacial score (nSPS) is 20.2. The Morgan fingerprint density at radius 3 is 3.05 bits per heavy atom. The van der Waals surface area contributed by atoms with Crippen molar-refractivity contribution in [1.82, 2.24) is 14.9 Å². The Kier molecular flexibility index (Phi) is 4.16. The van der Waals surface area contributed by atoms with E-state index in [1.165, 1.54) is 12.3 Å². The summed E-state index contributed by atoms with van der Waals surface area (Å²) in [7, 11) is 0. The Morgan fingerprint density at radius 2 is 2.42 bits per heavy atom. The number of amides is 1. The summed E-state index contributed by atoms with van der Waals surface area (Å²) in [5.41, 5.74) is -1.07. The fourth-order valence-corrected chi connectivity index (χ4v) is 2.11. The molecule has 0 aliphatic carbocycles. The van der Waals surface area contributed by atoms with Gasteiger partial charge in [-0.25, -0.2) is 4.79 Å². The first-order chi connectivity index (χ1) is 9.06. The summed E-state index contributed by atoms with van der Waals surface area (Å²) in [4.78, 5) is 36.2. The minimum Gasteiger partial charge on any atom is -0.376 e. The number of aromatic nitrogens is 2. The van der Waals surface area contributed by atoms with Gasteiger partial charge in [-0.3, -0.25) is 19.1 Å². The summed E-state index contributed by atoms with van der Waals surface area (Å²) >= 11 is 0. The Bertz CT molecular complexity index is 557. The van der Waals surface area contributed by atoms with E-state index in [2.05, 4.69) is 10.3 Å². The van der Waals surface area contributed by atoms with Gasteiger partial charge in [-0.15, -0.1) is 0 Å². The second-order valence-electron chi connectivity index (χ2n) is 4.65. The van der Waals surface area contributed by atoms with Crippen LogP contribution in [0.2, 0.25) is 0 Å². The summed E-state index contributed by atoms with van der Waals surface area (Å²) in [6, 6.07) is 1.12. The smallest absolute Gasteiger partial charge is 0.328 e. The molecule has 1 aliphatic rings. The molecular weight excluding hydrogens is 250 g/mol. The highest BCUT2D eigenvalue weighted by molar-refractivity contribution is 5.76. The molecule has 1 saturated heterocycles. The van der Waals surface area contributed by atoms with Crippen molar-refractivity contribution < 1.29 is 9.53 Å². The van der Waals surface area contributed by atoms with Crippen LogP contribution in [-0.4, -0.2) is 34.2 Å². The van der Waals surface area contributed by atoms with Crippen LogP contribution < -0.4 is 16.6 Å². The van der Waals surface area contributed by atoms with Crippen molar-refractivity contribution in [2.45, 2.75) is 38.5 Å². The average Bonchev–Trinajstić information content (AvgIpc) is 2.86. The van der Waals surface area contributed by atoms with E-state index in [0.717, 1.165) is 24.0 Å². The van der Waals surface area contributed by atoms with E-state index in [0.29, 0.717) is 0 Å². The maximum Gasteiger partial charge on any atom is 0.328 e. The maximum atomic E-state index is 11.8. The molecule has 0 spiro atoms. The molecule has 1 aromatic rings. The van der Waals surface area contributed by atoms with Crippen LogP contribution in [0.3, 0.4) is 0 Å². The molecule has 0 radical (unpaired) electrons. The van der Waals surface area contributed by atoms with Crippen molar-refractivity contribution in [2.24, 2.45) is 0 Å². The zero-order valence-electron chi connectivity index (χ0n) is 10.7. The van der Waals surface area contributed by atoms with E-state index in [1.54, 1.807) is 0 Å². The summed E-state index contributed by atoms with van der Waals surface area (Å²) in [5, 5.41) is 2.80. The highest BCUT2D eigenvalue weighted by Crippen LogP contribution is 2.15. The first-order valence-corrected chi connectivity index (χ1v) is 6.27. The van der Waals surface area contributed by atoms with Crippen molar-refractivity contribution >= 4 is 5.91 Å². The molecule has 2 unspecified atom stereocenters. The third kappa shape index (κ3) is 3.54. The van der Waals surface area contributed by atoms with Gasteiger partial charge in [0.25, 0.3) is 5.56 Å². The van der Waals surface area contributed by atoms with E-state index in [1.807, 2.05) is 6.92 Å². The van der Waals surface area contributed by atoms with E-state index in [-0.39, 0.29) is 24.6 Å². The Labute approximate surface area is 109 Å². The van der Waals surface area contributed by atoms with Crippen LogP contribution in [0, 0.1) is 0 Å². The van der Waals surface area contributed by atoms with Gasteiger partial charge in [0.15, 0.2) is 0 Å². The number of rotatable bonds is 4. The summed E-state index contributed by atoms with van der Waals surface area (Å²) in [6.07, 6.45) is 3.28. The first kappa shape index (κ1) is 13.5. The van der Waals surface area contributed by atoms with Gasteiger partial charge in [-0.1, -0.05) is 0 Å². The number of nitrogens with one attached hydrogen (secondary N) is 2. The molecule has 7 heteroatoms. The molecule has 0 bridgehead atoms. The number of hydrogen-bond acceptors (Lipinski definition) is 4. The van der Waals surface area contributed by atoms with Gasteiger partial charge in [0, 0.05) is 18.9 Å². The molecule has 2 atom stereocenters. The Balaban J connectivity index is 1.93. The SMILES string of the molecule is CC(NC(=O)Cn1ccc(=O)[nH]c1=O)C1CCCO1. The summed E-state index contributed by atoms with van der Waals surface area (Å²) in [6.45, 7) is 2.49. The number of hydrogen-bond donors (Lipinski definition) is 2. The Hall–Kier alpha value is -1.89. The number of nitrogens with zero attached hydrogens (tertiary/aromatic N) is 1. The molecule has 2 rings (SSSR count). The third-order valence-electron chi connectivity index (χ3n) is 3.12. The lowest BCUT2D eigenvalue weighted by Gasteiger charge is -2.20. The highest BCUT2D eigenvalue weighted by Gasteiger charge is 2.23. The minimum absolute atomic E-state index is 0.0382. The lowest BCUT2D eigenvalue weighted by atomic mass is 10.1. The fraction of sp³-hybridized carbons (Fsp3) is 0.583. The number of ether oxygens (including phenoxy) is 1. The Morgan fingerprint density at radius 1 is 1.63 bits per heavy atom. The molecule has 0 saturated carbocycles. The largest absolute Gasteiger partial charge is 0.376 e. The number of H-pyrrole nitrogens is 1. The summed E-state index contributed by atoms with van der Waals surface area (Å²) in [5.74, 6) is -0.280. The van der Waals surface area contributed by atoms with Crippen molar-refractivity contribution in [3.8, 4) is 0 Å². The van der Waals surface area contributed by atoms with Gasteiger partial charge in [-0.2, -0.15) is 0 Å². The zero-order chi connectivity index (χ0) is 13.8. The van der Waals surface area contributed by atoms with Crippen LogP contribution in [0.15, 0.2) is 21.9 Å². The van der Waals surface area contributed by atoms with E-state index < -0.39 is 11.2 Å². The lowest BCUT2D eigenvalue weighted by molar-refractivity contribution is -0.123. The molecule has 1 aromatic heterocycles. The van der Waals surface area contributed by atoms with Crippen LogP contribution in [0.5, 0.6) is 0 Å². The van der Waals surface area contributed by atoms with Gasteiger partial charge < -0.3 is 10.1 Å². The number of carbonyl (C=O) groups excluding carboxylic acids is 1. The zero-order valence-corrected chi connectivity index (χ0v) is 10.7. The molecule has 1 fully saturated rings.